The summed E-state index contributed by atoms with van der Waals surface area (Å²) in [7, 11) is 3.54. The number of nitrogens with one attached hydrogen (secondary N) is 1. The van der Waals surface area contributed by atoms with Gasteiger partial charge in [0.15, 0.2) is 0 Å². The number of aromatic nitrogens is 1. The first-order chi connectivity index (χ1) is 11.2. The van der Waals surface area contributed by atoms with Gasteiger partial charge in [0.05, 0.1) is 23.7 Å². The number of thiazole rings is 1. The smallest absolute Gasteiger partial charge is 0.244 e. The van der Waals surface area contributed by atoms with Gasteiger partial charge in [-0.25, -0.2) is 5.43 Å². The Bertz CT molecular complexity index is 911. The first kappa shape index (κ1) is 15.3. The summed E-state index contributed by atoms with van der Waals surface area (Å²) in [4.78, 5) is 12.8. The normalized spacial score (nSPS) is 11.7. The van der Waals surface area contributed by atoms with Crippen LogP contribution in [0, 0.1) is 0 Å². The molecule has 1 N–H and O–H groups in total. The number of aryl methyl sites for hydroxylation is 1. The molecule has 1 amide bonds. The second-order valence-corrected chi connectivity index (χ2v) is 6.10. The molecule has 1 heterocycles. The molecule has 1 aromatic heterocycles. The van der Waals surface area contributed by atoms with Gasteiger partial charge in [-0.05, 0) is 29.8 Å². The van der Waals surface area contributed by atoms with Crippen LogP contribution in [0.3, 0.4) is 0 Å². The highest BCUT2D eigenvalue weighted by atomic mass is 32.1. The fourth-order valence-corrected chi connectivity index (χ4v) is 3.29. The Kier molecular flexibility index (Phi) is 4.43. The van der Waals surface area contributed by atoms with Crippen molar-refractivity contribution in [3.63, 3.8) is 0 Å². The molecule has 0 saturated carbocycles. The number of hydrogen-bond donors (Lipinski definition) is 1. The Morgan fingerprint density at radius 3 is 2.87 bits per heavy atom. The fourth-order valence-electron chi connectivity index (χ4n) is 2.31. The van der Waals surface area contributed by atoms with Crippen molar-refractivity contribution < 1.29 is 9.53 Å². The maximum absolute atomic E-state index is 12.1. The number of fused-ring (bicyclic) bond motifs is 1. The van der Waals surface area contributed by atoms with Crippen LogP contribution in [-0.4, -0.2) is 17.6 Å². The van der Waals surface area contributed by atoms with Gasteiger partial charge in [0.1, 0.15) is 5.75 Å². The van der Waals surface area contributed by atoms with E-state index in [1.54, 1.807) is 7.11 Å². The van der Waals surface area contributed by atoms with E-state index in [2.05, 4.69) is 10.5 Å². The minimum absolute atomic E-state index is 0.157. The summed E-state index contributed by atoms with van der Waals surface area (Å²) in [6.45, 7) is 0. The zero-order valence-corrected chi connectivity index (χ0v) is 13.8. The van der Waals surface area contributed by atoms with Crippen molar-refractivity contribution in [3.05, 3.63) is 58.9 Å². The summed E-state index contributed by atoms with van der Waals surface area (Å²) in [5.74, 6) is 0.582. The van der Waals surface area contributed by atoms with Gasteiger partial charge in [0.2, 0.25) is 10.7 Å². The molecule has 23 heavy (non-hydrogen) atoms. The summed E-state index contributed by atoms with van der Waals surface area (Å²) in [5.41, 5.74) is 4.60. The lowest BCUT2D eigenvalue weighted by molar-refractivity contribution is -0.120. The maximum atomic E-state index is 12.1. The van der Waals surface area contributed by atoms with Gasteiger partial charge < -0.3 is 9.30 Å². The molecule has 3 rings (SSSR count). The molecular weight excluding hydrogens is 310 g/mol. The molecule has 0 fully saturated rings. The van der Waals surface area contributed by atoms with Crippen LogP contribution >= 0.6 is 11.3 Å². The molecular formula is C17H17N3O2S. The Morgan fingerprint density at radius 1 is 1.26 bits per heavy atom. The van der Waals surface area contributed by atoms with Gasteiger partial charge >= 0.3 is 0 Å². The minimum Gasteiger partial charge on any atom is -0.497 e. The van der Waals surface area contributed by atoms with Gasteiger partial charge in [-0.15, -0.1) is 5.10 Å². The second-order valence-electron chi connectivity index (χ2n) is 5.09. The number of benzene rings is 2. The van der Waals surface area contributed by atoms with Crippen LogP contribution in [0.4, 0.5) is 0 Å². The quantitative estimate of drug-likeness (QED) is 0.748. The number of nitrogens with zero attached hydrogens (tertiary/aromatic N) is 2. The van der Waals surface area contributed by atoms with Crippen molar-refractivity contribution >= 4 is 27.5 Å². The number of carbonyl (C=O) groups excluding carboxylic acids is 1. The molecule has 0 aliphatic rings. The number of rotatable bonds is 4. The second kappa shape index (κ2) is 6.66. The number of carbonyl (C=O) groups is 1. The number of hydrogen-bond acceptors (Lipinski definition) is 4. The predicted molar refractivity (Wildman–Crippen MR) is 91.2 cm³/mol. The third-order valence-corrected chi connectivity index (χ3v) is 4.60. The lowest BCUT2D eigenvalue weighted by atomic mass is 10.1. The molecule has 2 aromatic carbocycles. The van der Waals surface area contributed by atoms with E-state index >= 15 is 0 Å². The lowest BCUT2D eigenvalue weighted by Gasteiger charge is -2.03. The van der Waals surface area contributed by atoms with Crippen molar-refractivity contribution in [2.45, 2.75) is 6.42 Å². The van der Waals surface area contributed by atoms with Gasteiger partial charge in [0, 0.05) is 7.05 Å². The van der Waals surface area contributed by atoms with E-state index in [-0.39, 0.29) is 12.3 Å². The molecule has 0 saturated heterocycles. The van der Waals surface area contributed by atoms with Crippen molar-refractivity contribution in [2.75, 3.05) is 7.11 Å². The third kappa shape index (κ3) is 3.43. The number of methoxy groups -OCH3 is 1. The molecule has 0 atom stereocenters. The highest BCUT2D eigenvalue weighted by Crippen LogP contribution is 2.15. The van der Waals surface area contributed by atoms with Crippen LogP contribution in [0.5, 0.6) is 5.75 Å². The predicted octanol–water partition coefficient (Wildman–Crippen LogP) is 2.42. The molecule has 0 aliphatic carbocycles. The molecule has 0 radical (unpaired) electrons. The molecule has 0 aliphatic heterocycles. The molecule has 5 nitrogen and oxygen atoms in total. The molecule has 118 valence electrons. The summed E-state index contributed by atoms with van der Waals surface area (Å²) < 4.78 is 8.26. The number of para-hydroxylation sites is 1. The van der Waals surface area contributed by atoms with Crippen LogP contribution in [0.1, 0.15) is 5.56 Å². The highest BCUT2D eigenvalue weighted by molar-refractivity contribution is 7.16. The molecule has 0 bridgehead atoms. The summed E-state index contributed by atoms with van der Waals surface area (Å²) in [5, 5.41) is 4.23. The molecule has 0 spiro atoms. The van der Waals surface area contributed by atoms with Crippen molar-refractivity contribution in [1.29, 1.82) is 0 Å². The first-order valence-corrected chi connectivity index (χ1v) is 7.99. The largest absolute Gasteiger partial charge is 0.497 e. The van der Waals surface area contributed by atoms with Crippen LogP contribution in [-0.2, 0) is 18.3 Å². The zero-order chi connectivity index (χ0) is 16.2. The Labute approximate surface area is 137 Å². The summed E-state index contributed by atoms with van der Waals surface area (Å²) in [6, 6.07) is 15.5. The topological polar surface area (TPSA) is 55.6 Å². The average Bonchev–Trinajstić information content (AvgIpc) is 2.90. The molecule has 6 heteroatoms. The molecule has 3 aromatic rings. The maximum Gasteiger partial charge on any atom is 0.244 e. The Balaban J connectivity index is 1.75. The average molecular weight is 327 g/mol. The van der Waals surface area contributed by atoms with E-state index in [4.69, 9.17) is 4.74 Å². The SMILES string of the molecule is COc1cccc(CC(=O)N/N=c2/sc3ccccc3n2C)c1. The van der Waals surface area contributed by atoms with E-state index in [0.717, 1.165) is 26.3 Å². The monoisotopic (exact) mass is 327 g/mol. The van der Waals surface area contributed by atoms with Crippen molar-refractivity contribution in [2.24, 2.45) is 12.1 Å². The van der Waals surface area contributed by atoms with Gasteiger partial charge in [-0.3, -0.25) is 4.79 Å². The Morgan fingerprint density at radius 2 is 2.09 bits per heavy atom. The van der Waals surface area contributed by atoms with Crippen molar-refractivity contribution in [3.8, 4) is 5.75 Å². The zero-order valence-electron chi connectivity index (χ0n) is 12.9. The van der Waals surface area contributed by atoms with Crippen LogP contribution in [0.25, 0.3) is 10.2 Å². The van der Waals surface area contributed by atoms with Crippen LogP contribution in [0.15, 0.2) is 53.6 Å². The summed E-state index contributed by atoms with van der Waals surface area (Å²) >= 11 is 1.54. The van der Waals surface area contributed by atoms with Gasteiger partial charge in [-0.1, -0.05) is 35.6 Å². The van der Waals surface area contributed by atoms with Crippen molar-refractivity contribution in [1.82, 2.24) is 9.99 Å². The van der Waals surface area contributed by atoms with Gasteiger partial charge in [-0.2, -0.15) is 0 Å². The fraction of sp³-hybridized carbons (Fsp3) is 0.176. The van der Waals surface area contributed by atoms with Crippen LogP contribution in [0.2, 0.25) is 0 Å². The highest BCUT2D eigenvalue weighted by Gasteiger charge is 2.05. The van der Waals surface area contributed by atoms with E-state index in [1.807, 2.05) is 60.1 Å². The van der Waals surface area contributed by atoms with E-state index in [9.17, 15) is 4.79 Å². The first-order valence-electron chi connectivity index (χ1n) is 7.17. The summed E-state index contributed by atoms with van der Waals surface area (Å²) in [6.07, 6.45) is 0.259. The van der Waals surface area contributed by atoms with E-state index in [0.29, 0.717) is 0 Å². The molecule has 0 unspecified atom stereocenters. The standard InChI is InChI=1S/C17H17N3O2S/c1-20-14-8-3-4-9-15(14)23-17(20)19-18-16(21)11-12-6-5-7-13(10-12)22-2/h3-10H,11H2,1-2H3,(H,18,21)/b19-17+. The van der Waals surface area contributed by atoms with E-state index < -0.39 is 0 Å². The van der Waals surface area contributed by atoms with Gasteiger partial charge in [0.25, 0.3) is 0 Å². The third-order valence-electron chi connectivity index (χ3n) is 3.49. The number of amides is 1. The lowest BCUT2D eigenvalue weighted by Crippen LogP contribution is -2.24. The number of ether oxygens (including phenoxy) is 1. The minimum atomic E-state index is -0.157. The van der Waals surface area contributed by atoms with E-state index in [1.165, 1.54) is 11.3 Å². The Hall–Kier alpha value is -2.60. The van der Waals surface area contributed by atoms with Crippen LogP contribution < -0.4 is 15.0 Å².